The summed E-state index contributed by atoms with van der Waals surface area (Å²) in [7, 11) is 0. The Kier molecular flexibility index (Phi) is 4.36. The highest BCUT2D eigenvalue weighted by molar-refractivity contribution is 5.95. The SMILES string of the molecule is O=C(NCC(=O)N1CCCC1)Nc1ccc2cnc(F)cc2c1. The average Bonchev–Trinajstić information content (AvgIpc) is 3.06. The fourth-order valence-electron chi connectivity index (χ4n) is 2.60. The topological polar surface area (TPSA) is 74.3 Å². The van der Waals surface area contributed by atoms with Gasteiger partial charge >= 0.3 is 6.03 Å². The molecule has 2 aromatic rings. The molecule has 0 radical (unpaired) electrons. The summed E-state index contributed by atoms with van der Waals surface area (Å²) in [6.45, 7) is 1.48. The van der Waals surface area contributed by atoms with Gasteiger partial charge in [0.05, 0.1) is 6.54 Å². The van der Waals surface area contributed by atoms with Gasteiger partial charge in [-0.05, 0) is 30.4 Å². The molecule has 6 nitrogen and oxygen atoms in total. The van der Waals surface area contributed by atoms with Gasteiger partial charge in [0.1, 0.15) is 0 Å². The van der Waals surface area contributed by atoms with Crippen LogP contribution in [0.2, 0.25) is 0 Å². The molecular formula is C16H17FN4O2. The van der Waals surface area contributed by atoms with Gasteiger partial charge in [-0.1, -0.05) is 6.07 Å². The van der Waals surface area contributed by atoms with Crippen LogP contribution in [0.3, 0.4) is 0 Å². The molecule has 0 bridgehead atoms. The Bertz CT molecular complexity index is 744. The summed E-state index contributed by atoms with van der Waals surface area (Å²) in [4.78, 5) is 29.0. The lowest BCUT2D eigenvalue weighted by Crippen LogP contribution is -2.40. The van der Waals surface area contributed by atoms with Crippen molar-refractivity contribution in [1.82, 2.24) is 15.2 Å². The fraction of sp³-hybridized carbons (Fsp3) is 0.312. The second-order valence-electron chi connectivity index (χ2n) is 5.46. The molecule has 1 aromatic carbocycles. The third-order valence-corrected chi connectivity index (χ3v) is 3.81. The summed E-state index contributed by atoms with van der Waals surface area (Å²) in [6.07, 6.45) is 3.46. The normalized spacial score (nSPS) is 14.0. The lowest BCUT2D eigenvalue weighted by molar-refractivity contribution is -0.128. The van der Waals surface area contributed by atoms with E-state index in [9.17, 15) is 14.0 Å². The number of aromatic nitrogens is 1. The van der Waals surface area contributed by atoms with Gasteiger partial charge in [0.15, 0.2) is 0 Å². The van der Waals surface area contributed by atoms with Gasteiger partial charge < -0.3 is 15.5 Å². The zero-order valence-corrected chi connectivity index (χ0v) is 12.5. The first kappa shape index (κ1) is 15.2. The molecule has 0 unspecified atom stereocenters. The van der Waals surface area contributed by atoms with E-state index in [1.807, 2.05) is 0 Å². The zero-order chi connectivity index (χ0) is 16.2. The summed E-state index contributed by atoms with van der Waals surface area (Å²) in [5.74, 6) is -0.653. The summed E-state index contributed by atoms with van der Waals surface area (Å²) in [6, 6.07) is 5.93. The van der Waals surface area contributed by atoms with Crippen molar-refractivity contribution in [2.24, 2.45) is 0 Å². The van der Waals surface area contributed by atoms with Gasteiger partial charge in [0.2, 0.25) is 11.9 Å². The Morgan fingerprint density at radius 3 is 2.74 bits per heavy atom. The molecule has 0 saturated carbocycles. The van der Waals surface area contributed by atoms with Crippen LogP contribution in [0.1, 0.15) is 12.8 Å². The monoisotopic (exact) mass is 316 g/mol. The molecule has 3 rings (SSSR count). The first-order valence-electron chi connectivity index (χ1n) is 7.50. The molecule has 1 fully saturated rings. The molecule has 7 heteroatoms. The molecule has 0 spiro atoms. The largest absolute Gasteiger partial charge is 0.341 e. The highest BCUT2D eigenvalue weighted by Crippen LogP contribution is 2.18. The number of benzene rings is 1. The van der Waals surface area contributed by atoms with Gasteiger partial charge in [0, 0.05) is 36.4 Å². The lowest BCUT2D eigenvalue weighted by Gasteiger charge is -2.15. The number of halogens is 1. The Morgan fingerprint density at radius 1 is 1.17 bits per heavy atom. The average molecular weight is 316 g/mol. The van der Waals surface area contributed by atoms with Crippen molar-refractivity contribution in [2.75, 3.05) is 25.0 Å². The molecule has 1 saturated heterocycles. The van der Waals surface area contributed by atoms with Crippen molar-refractivity contribution < 1.29 is 14.0 Å². The number of nitrogens with zero attached hydrogens (tertiary/aromatic N) is 2. The number of rotatable bonds is 3. The number of hydrogen-bond donors (Lipinski definition) is 2. The smallest absolute Gasteiger partial charge is 0.319 e. The van der Waals surface area contributed by atoms with Crippen molar-refractivity contribution in [3.8, 4) is 0 Å². The second-order valence-corrected chi connectivity index (χ2v) is 5.46. The van der Waals surface area contributed by atoms with Crippen LogP contribution in [0, 0.1) is 5.95 Å². The van der Waals surface area contributed by atoms with E-state index in [1.54, 1.807) is 23.1 Å². The predicted molar refractivity (Wildman–Crippen MR) is 84.5 cm³/mol. The summed E-state index contributed by atoms with van der Waals surface area (Å²) < 4.78 is 13.1. The number of anilines is 1. The molecule has 0 atom stereocenters. The maximum atomic E-state index is 13.1. The third-order valence-electron chi connectivity index (χ3n) is 3.81. The number of fused-ring (bicyclic) bond motifs is 1. The number of pyridine rings is 1. The molecule has 1 aliphatic rings. The van der Waals surface area contributed by atoms with Crippen LogP contribution in [0.5, 0.6) is 0 Å². The van der Waals surface area contributed by atoms with Gasteiger partial charge in [0.25, 0.3) is 0 Å². The van der Waals surface area contributed by atoms with Gasteiger partial charge in [-0.3, -0.25) is 4.79 Å². The van der Waals surface area contributed by atoms with Crippen molar-refractivity contribution >= 4 is 28.4 Å². The molecule has 0 aliphatic carbocycles. The van der Waals surface area contributed by atoms with E-state index in [1.165, 1.54) is 12.3 Å². The number of amides is 3. The van der Waals surface area contributed by atoms with Crippen LogP contribution in [-0.2, 0) is 4.79 Å². The summed E-state index contributed by atoms with van der Waals surface area (Å²) in [5.41, 5.74) is 0.522. The summed E-state index contributed by atoms with van der Waals surface area (Å²) >= 11 is 0. The molecular weight excluding hydrogens is 299 g/mol. The van der Waals surface area contributed by atoms with Gasteiger partial charge in [-0.25, -0.2) is 9.78 Å². The number of likely N-dealkylation sites (tertiary alicyclic amines) is 1. The minimum Gasteiger partial charge on any atom is -0.341 e. The first-order valence-corrected chi connectivity index (χ1v) is 7.50. The Balaban J connectivity index is 1.58. The number of carbonyl (C=O) groups excluding carboxylic acids is 2. The Labute approximate surface area is 132 Å². The van der Waals surface area contributed by atoms with Crippen LogP contribution in [0.4, 0.5) is 14.9 Å². The van der Waals surface area contributed by atoms with E-state index in [0.29, 0.717) is 11.1 Å². The molecule has 23 heavy (non-hydrogen) atoms. The number of nitrogens with one attached hydrogen (secondary N) is 2. The molecule has 3 amide bonds. The van der Waals surface area contributed by atoms with E-state index in [4.69, 9.17) is 0 Å². The van der Waals surface area contributed by atoms with Crippen LogP contribution in [0.25, 0.3) is 10.8 Å². The molecule has 2 N–H and O–H groups in total. The van der Waals surface area contributed by atoms with Gasteiger partial charge in [-0.15, -0.1) is 0 Å². The first-order chi connectivity index (χ1) is 11.1. The van der Waals surface area contributed by atoms with Crippen molar-refractivity contribution in [1.29, 1.82) is 0 Å². The highest BCUT2D eigenvalue weighted by atomic mass is 19.1. The maximum absolute atomic E-state index is 13.1. The predicted octanol–water partition coefficient (Wildman–Crippen LogP) is 2.12. The lowest BCUT2D eigenvalue weighted by atomic mass is 10.1. The Morgan fingerprint density at radius 2 is 1.96 bits per heavy atom. The number of urea groups is 1. The van der Waals surface area contributed by atoms with Crippen LogP contribution in [-0.4, -0.2) is 41.5 Å². The number of carbonyl (C=O) groups is 2. The van der Waals surface area contributed by atoms with Gasteiger partial charge in [-0.2, -0.15) is 4.39 Å². The Hall–Kier alpha value is -2.70. The highest BCUT2D eigenvalue weighted by Gasteiger charge is 2.18. The molecule has 120 valence electrons. The maximum Gasteiger partial charge on any atom is 0.319 e. The van der Waals surface area contributed by atoms with E-state index in [2.05, 4.69) is 15.6 Å². The molecule has 2 heterocycles. The molecule has 1 aliphatic heterocycles. The molecule has 1 aromatic heterocycles. The third kappa shape index (κ3) is 3.74. The van der Waals surface area contributed by atoms with E-state index in [0.717, 1.165) is 31.3 Å². The van der Waals surface area contributed by atoms with Crippen LogP contribution >= 0.6 is 0 Å². The van der Waals surface area contributed by atoms with Crippen LogP contribution < -0.4 is 10.6 Å². The zero-order valence-electron chi connectivity index (χ0n) is 12.5. The van der Waals surface area contributed by atoms with Crippen molar-refractivity contribution in [3.05, 3.63) is 36.4 Å². The minimum absolute atomic E-state index is 0.0298. The van der Waals surface area contributed by atoms with E-state index < -0.39 is 12.0 Å². The fourth-order valence-corrected chi connectivity index (χ4v) is 2.60. The standard InChI is InChI=1S/C16H17FN4O2/c17-14-8-12-7-13(4-3-11(12)9-18-14)20-16(23)19-10-15(22)21-5-1-2-6-21/h3-4,7-9H,1-2,5-6,10H2,(H2,19,20,23). The second kappa shape index (κ2) is 6.60. The van der Waals surface area contributed by atoms with E-state index >= 15 is 0 Å². The van der Waals surface area contributed by atoms with Crippen molar-refractivity contribution in [3.63, 3.8) is 0 Å². The van der Waals surface area contributed by atoms with Crippen molar-refractivity contribution in [2.45, 2.75) is 12.8 Å². The number of hydrogen-bond acceptors (Lipinski definition) is 3. The summed E-state index contributed by atoms with van der Waals surface area (Å²) in [5, 5.41) is 6.60. The minimum atomic E-state index is -0.574. The van der Waals surface area contributed by atoms with Crippen LogP contribution in [0.15, 0.2) is 30.5 Å². The van der Waals surface area contributed by atoms with E-state index in [-0.39, 0.29) is 12.5 Å². The quantitative estimate of drug-likeness (QED) is 0.852.